The van der Waals surface area contributed by atoms with Gasteiger partial charge in [0.05, 0.1) is 17.9 Å². The maximum Gasteiger partial charge on any atom is 0.212 e. The van der Waals surface area contributed by atoms with Crippen LogP contribution in [0.3, 0.4) is 0 Å². The molecular formula is C15H15FN2O. The van der Waals surface area contributed by atoms with Crippen LogP contribution in [-0.2, 0) is 0 Å². The monoisotopic (exact) mass is 258 g/mol. The lowest BCUT2D eigenvalue weighted by Gasteiger charge is -2.27. The van der Waals surface area contributed by atoms with Gasteiger partial charge in [0.15, 0.2) is 0 Å². The van der Waals surface area contributed by atoms with Crippen molar-refractivity contribution in [3.8, 4) is 5.75 Å². The summed E-state index contributed by atoms with van der Waals surface area (Å²) < 4.78 is 18.8. The van der Waals surface area contributed by atoms with Crippen molar-refractivity contribution in [2.24, 2.45) is 0 Å². The van der Waals surface area contributed by atoms with Crippen LogP contribution in [0.4, 0.5) is 10.1 Å². The summed E-state index contributed by atoms with van der Waals surface area (Å²) in [5.74, 6) is 0.410. The molecule has 1 unspecified atom stereocenters. The van der Waals surface area contributed by atoms with Crippen LogP contribution in [0.5, 0.6) is 5.75 Å². The van der Waals surface area contributed by atoms with Crippen LogP contribution in [0.1, 0.15) is 25.5 Å². The Morgan fingerprint density at radius 1 is 1.21 bits per heavy atom. The molecule has 0 fully saturated rings. The third kappa shape index (κ3) is 2.14. The van der Waals surface area contributed by atoms with Gasteiger partial charge in [0, 0.05) is 5.56 Å². The van der Waals surface area contributed by atoms with Gasteiger partial charge in [-0.3, -0.25) is 0 Å². The summed E-state index contributed by atoms with van der Waals surface area (Å²) in [6, 6.07) is 11.0. The Kier molecular flexibility index (Phi) is 2.66. The molecule has 0 amide bonds. The number of rotatable bonds is 2. The second-order valence-electron chi connectivity index (χ2n) is 5.19. The van der Waals surface area contributed by atoms with Crippen molar-refractivity contribution in [2.45, 2.75) is 25.5 Å². The van der Waals surface area contributed by atoms with E-state index in [1.165, 1.54) is 12.3 Å². The smallest absolute Gasteiger partial charge is 0.212 e. The van der Waals surface area contributed by atoms with Crippen LogP contribution in [0.15, 0.2) is 42.6 Å². The van der Waals surface area contributed by atoms with E-state index in [0.717, 1.165) is 17.0 Å². The number of hydrogen-bond acceptors (Lipinski definition) is 3. The van der Waals surface area contributed by atoms with Crippen LogP contribution in [0.2, 0.25) is 0 Å². The van der Waals surface area contributed by atoms with Gasteiger partial charge in [-0.15, -0.1) is 0 Å². The molecule has 3 rings (SSSR count). The largest absolute Gasteiger partial charge is 0.485 e. The topological polar surface area (TPSA) is 34.1 Å². The van der Waals surface area contributed by atoms with Gasteiger partial charge in [-0.2, -0.15) is 4.39 Å². The molecule has 0 saturated carbocycles. The highest BCUT2D eigenvalue weighted by molar-refractivity contribution is 5.50. The number of aromatic nitrogens is 1. The minimum Gasteiger partial charge on any atom is -0.485 e. The third-order valence-electron chi connectivity index (χ3n) is 3.34. The Balaban J connectivity index is 1.93. The normalized spacial score (nSPS) is 19.6. The maximum atomic E-state index is 12.8. The lowest BCUT2D eigenvalue weighted by atomic mass is 9.94. The van der Waals surface area contributed by atoms with Crippen LogP contribution in [-0.4, -0.2) is 10.6 Å². The van der Waals surface area contributed by atoms with E-state index in [4.69, 9.17) is 4.74 Å². The molecule has 1 aliphatic heterocycles. The molecule has 0 bridgehead atoms. The Morgan fingerprint density at radius 3 is 2.74 bits per heavy atom. The van der Waals surface area contributed by atoms with E-state index in [9.17, 15) is 4.39 Å². The van der Waals surface area contributed by atoms with Gasteiger partial charge in [0.1, 0.15) is 11.4 Å². The van der Waals surface area contributed by atoms with Crippen LogP contribution < -0.4 is 10.1 Å². The summed E-state index contributed by atoms with van der Waals surface area (Å²) in [5.41, 5.74) is 1.52. The predicted octanol–water partition coefficient (Wildman–Crippen LogP) is 3.54. The fourth-order valence-electron chi connectivity index (χ4n) is 2.41. The highest BCUT2D eigenvalue weighted by Crippen LogP contribution is 2.44. The van der Waals surface area contributed by atoms with Gasteiger partial charge in [0.2, 0.25) is 5.95 Å². The zero-order chi connectivity index (χ0) is 13.5. The molecule has 19 heavy (non-hydrogen) atoms. The molecule has 2 heterocycles. The van der Waals surface area contributed by atoms with E-state index < -0.39 is 5.95 Å². The highest BCUT2D eigenvalue weighted by atomic mass is 19.1. The zero-order valence-electron chi connectivity index (χ0n) is 10.9. The molecule has 3 nitrogen and oxygen atoms in total. The van der Waals surface area contributed by atoms with E-state index in [1.807, 2.05) is 38.1 Å². The average Bonchev–Trinajstić information content (AvgIpc) is 2.63. The molecule has 1 aromatic heterocycles. The van der Waals surface area contributed by atoms with Crippen molar-refractivity contribution < 1.29 is 9.13 Å². The van der Waals surface area contributed by atoms with Crippen molar-refractivity contribution in [1.29, 1.82) is 0 Å². The summed E-state index contributed by atoms with van der Waals surface area (Å²) in [6.07, 6.45) is 1.49. The molecule has 1 N–H and O–H groups in total. The number of nitrogens with zero attached hydrogens (tertiary/aromatic N) is 1. The Hall–Kier alpha value is -2.10. The summed E-state index contributed by atoms with van der Waals surface area (Å²) >= 11 is 0. The van der Waals surface area contributed by atoms with E-state index in [2.05, 4.69) is 10.3 Å². The first-order valence-electron chi connectivity index (χ1n) is 6.22. The molecule has 1 aliphatic rings. The van der Waals surface area contributed by atoms with Gasteiger partial charge >= 0.3 is 0 Å². The van der Waals surface area contributed by atoms with Crippen LogP contribution >= 0.6 is 0 Å². The lowest BCUT2D eigenvalue weighted by molar-refractivity contribution is 0.118. The minimum atomic E-state index is -0.479. The number of hydrogen-bond donors (Lipinski definition) is 1. The summed E-state index contributed by atoms with van der Waals surface area (Å²) in [7, 11) is 0. The molecule has 1 aromatic carbocycles. The number of ether oxygens (including phenoxy) is 1. The fraction of sp³-hybridized carbons (Fsp3) is 0.267. The molecule has 0 saturated heterocycles. The van der Waals surface area contributed by atoms with Crippen molar-refractivity contribution in [3.05, 3.63) is 54.1 Å². The molecule has 0 spiro atoms. The quantitative estimate of drug-likeness (QED) is 0.836. The first-order chi connectivity index (χ1) is 9.06. The number of fused-ring (bicyclic) bond motifs is 1. The number of halogens is 1. The molecule has 98 valence electrons. The number of nitrogens with one attached hydrogen (secondary N) is 1. The third-order valence-corrected chi connectivity index (χ3v) is 3.34. The zero-order valence-corrected chi connectivity index (χ0v) is 10.9. The molecular weight excluding hydrogens is 243 g/mol. The Labute approximate surface area is 111 Å². The van der Waals surface area contributed by atoms with E-state index in [-0.39, 0.29) is 11.6 Å². The maximum absolute atomic E-state index is 12.8. The SMILES string of the molecule is CC1(C)Oc2ccccc2C1Nc1ccc(F)nc1. The molecule has 1 atom stereocenters. The number of benzene rings is 1. The van der Waals surface area contributed by atoms with Crippen molar-refractivity contribution in [1.82, 2.24) is 4.98 Å². The Bertz CT molecular complexity index is 595. The highest BCUT2D eigenvalue weighted by Gasteiger charge is 2.40. The van der Waals surface area contributed by atoms with Gasteiger partial charge in [-0.05, 0) is 32.0 Å². The van der Waals surface area contributed by atoms with Crippen LogP contribution in [0, 0.1) is 5.95 Å². The number of anilines is 1. The van der Waals surface area contributed by atoms with Crippen molar-refractivity contribution in [2.75, 3.05) is 5.32 Å². The number of pyridine rings is 1. The molecule has 0 aliphatic carbocycles. The average molecular weight is 258 g/mol. The summed E-state index contributed by atoms with van der Waals surface area (Å²) in [5, 5.41) is 3.36. The standard InChI is InChI=1S/C15H15FN2O/c1-15(2)14(11-5-3-4-6-12(11)19-15)18-10-7-8-13(16)17-9-10/h3-9,14,18H,1-2H3. The lowest BCUT2D eigenvalue weighted by Crippen LogP contribution is -2.34. The number of para-hydroxylation sites is 1. The summed E-state index contributed by atoms with van der Waals surface area (Å²) in [6.45, 7) is 4.06. The minimum absolute atomic E-state index is 0.0101. The molecule has 4 heteroatoms. The second kappa shape index (κ2) is 4.23. The second-order valence-corrected chi connectivity index (χ2v) is 5.19. The van der Waals surface area contributed by atoms with E-state index in [1.54, 1.807) is 6.07 Å². The first kappa shape index (κ1) is 12.0. The van der Waals surface area contributed by atoms with E-state index >= 15 is 0 Å². The fourth-order valence-corrected chi connectivity index (χ4v) is 2.41. The first-order valence-corrected chi connectivity index (χ1v) is 6.22. The van der Waals surface area contributed by atoms with E-state index in [0.29, 0.717) is 0 Å². The van der Waals surface area contributed by atoms with Crippen LogP contribution in [0.25, 0.3) is 0 Å². The molecule has 0 radical (unpaired) electrons. The predicted molar refractivity (Wildman–Crippen MR) is 71.7 cm³/mol. The van der Waals surface area contributed by atoms with Gasteiger partial charge in [-0.1, -0.05) is 18.2 Å². The van der Waals surface area contributed by atoms with Gasteiger partial charge in [-0.25, -0.2) is 4.98 Å². The van der Waals surface area contributed by atoms with Gasteiger partial charge < -0.3 is 10.1 Å². The van der Waals surface area contributed by atoms with Crippen molar-refractivity contribution in [3.63, 3.8) is 0 Å². The summed E-state index contributed by atoms with van der Waals surface area (Å²) in [4.78, 5) is 3.65. The molecule has 2 aromatic rings. The Morgan fingerprint density at radius 2 is 2.00 bits per heavy atom. The van der Waals surface area contributed by atoms with Gasteiger partial charge in [0.25, 0.3) is 0 Å². The van der Waals surface area contributed by atoms with Crippen molar-refractivity contribution >= 4 is 5.69 Å².